The third kappa shape index (κ3) is 6.22. The van der Waals surface area contributed by atoms with Crippen LogP contribution in [0.15, 0.2) is 72.5 Å². The number of halogens is 3. The molecule has 0 atom stereocenters. The van der Waals surface area contributed by atoms with Crippen molar-refractivity contribution in [2.45, 2.75) is 33.1 Å². The quantitative estimate of drug-likeness (QED) is 0.452. The normalized spacial score (nSPS) is 16.5. The number of allylic oxidation sites excluding steroid dienone is 2. The fraction of sp³-hybridized carbons (Fsp3) is 0.345. The van der Waals surface area contributed by atoms with Crippen molar-refractivity contribution < 1.29 is 18.0 Å². The topological polar surface area (TPSA) is 57.5 Å². The Morgan fingerprint density at radius 1 is 0.923 bits per heavy atom. The summed E-state index contributed by atoms with van der Waals surface area (Å²) in [6, 6.07) is 13.6. The second kappa shape index (κ2) is 11.1. The molecule has 0 radical (unpaired) electrons. The Hall–Kier alpha value is -3.92. The van der Waals surface area contributed by atoms with Gasteiger partial charge in [-0.1, -0.05) is 47.2 Å². The lowest BCUT2D eigenvalue weighted by molar-refractivity contribution is -0.137. The highest BCUT2D eigenvalue weighted by atomic mass is 19.4. The molecule has 0 bridgehead atoms. The van der Waals surface area contributed by atoms with E-state index < -0.39 is 11.7 Å². The number of benzene rings is 2. The van der Waals surface area contributed by atoms with E-state index in [1.807, 2.05) is 28.2 Å². The summed E-state index contributed by atoms with van der Waals surface area (Å²) in [4.78, 5) is 19.6. The highest BCUT2D eigenvalue weighted by Gasteiger charge is 2.30. The van der Waals surface area contributed by atoms with Crippen molar-refractivity contribution in [3.63, 3.8) is 0 Å². The van der Waals surface area contributed by atoms with E-state index in [0.717, 1.165) is 37.3 Å². The summed E-state index contributed by atoms with van der Waals surface area (Å²) in [7, 11) is 0. The van der Waals surface area contributed by atoms with Crippen molar-refractivity contribution in [2.24, 2.45) is 0 Å². The Morgan fingerprint density at radius 2 is 1.62 bits per heavy atom. The molecular weight excluding hydrogens is 505 g/mol. The highest BCUT2D eigenvalue weighted by Crippen LogP contribution is 2.31. The minimum absolute atomic E-state index is 0.0903. The molecule has 0 unspecified atom stereocenters. The fourth-order valence-corrected chi connectivity index (χ4v) is 4.89. The van der Waals surface area contributed by atoms with Gasteiger partial charge in [0.05, 0.1) is 17.8 Å². The zero-order valence-electron chi connectivity index (χ0n) is 22.0. The molecule has 2 aliphatic rings. The predicted molar refractivity (Wildman–Crippen MR) is 143 cm³/mol. The van der Waals surface area contributed by atoms with E-state index in [4.69, 9.17) is 0 Å². The monoisotopic (exact) mass is 536 g/mol. The number of alkyl halides is 3. The van der Waals surface area contributed by atoms with E-state index in [1.165, 1.54) is 23.3 Å². The molecular formula is C29H31F3N6O. The molecule has 2 aromatic carbocycles. The number of hydrogen-bond donors (Lipinski definition) is 0. The Labute approximate surface area is 225 Å². The zero-order valence-corrected chi connectivity index (χ0v) is 22.0. The summed E-state index contributed by atoms with van der Waals surface area (Å²) in [6.07, 6.45) is 1.38. The van der Waals surface area contributed by atoms with E-state index in [1.54, 1.807) is 11.6 Å². The van der Waals surface area contributed by atoms with Gasteiger partial charge in [0.15, 0.2) is 0 Å². The number of nitrogens with zero attached hydrogens (tertiary/aromatic N) is 6. The average Bonchev–Trinajstić information content (AvgIpc) is 3.29. The molecule has 10 heteroatoms. The number of rotatable bonds is 6. The van der Waals surface area contributed by atoms with Gasteiger partial charge in [-0.25, -0.2) is 4.68 Å². The van der Waals surface area contributed by atoms with Crippen molar-refractivity contribution in [2.75, 3.05) is 37.6 Å². The van der Waals surface area contributed by atoms with Gasteiger partial charge < -0.3 is 9.80 Å². The van der Waals surface area contributed by atoms with Crippen LogP contribution in [0, 0.1) is 13.8 Å². The summed E-state index contributed by atoms with van der Waals surface area (Å²) < 4.78 is 40.4. The van der Waals surface area contributed by atoms with Gasteiger partial charge in [0.25, 0.3) is 5.91 Å². The molecule has 3 aromatic rings. The van der Waals surface area contributed by atoms with Gasteiger partial charge in [-0.2, -0.15) is 13.2 Å². The first-order chi connectivity index (χ1) is 18.7. The van der Waals surface area contributed by atoms with Crippen molar-refractivity contribution >= 4 is 11.6 Å². The largest absolute Gasteiger partial charge is 0.416 e. The molecule has 1 saturated heterocycles. The van der Waals surface area contributed by atoms with Crippen LogP contribution in [0.3, 0.4) is 0 Å². The van der Waals surface area contributed by atoms with Gasteiger partial charge in [-0.15, -0.1) is 5.10 Å². The SMILES string of the molecule is Cc1ccc(CN2CCN(C(=O)c3c(C)nnn3CC3=CN(c4ccc(C(F)(F)F)cc4)CC=C3)CC2)cc1. The number of piperazine rings is 1. The minimum atomic E-state index is -4.37. The van der Waals surface area contributed by atoms with E-state index >= 15 is 0 Å². The molecule has 1 aromatic heterocycles. The van der Waals surface area contributed by atoms with Crippen LogP contribution in [0.4, 0.5) is 18.9 Å². The lowest BCUT2D eigenvalue weighted by atomic mass is 10.1. The average molecular weight is 537 g/mol. The van der Waals surface area contributed by atoms with E-state index in [0.29, 0.717) is 43.3 Å². The minimum Gasteiger partial charge on any atom is -0.344 e. The van der Waals surface area contributed by atoms with Gasteiger partial charge in [0.1, 0.15) is 5.69 Å². The number of amides is 1. The van der Waals surface area contributed by atoms with Crippen molar-refractivity contribution in [1.82, 2.24) is 24.8 Å². The first kappa shape index (κ1) is 26.7. The Bertz CT molecular complexity index is 1370. The number of aromatic nitrogens is 3. The van der Waals surface area contributed by atoms with Crippen LogP contribution in [0.25, 0.3) is 0 Å². The number of carbonyl (C=O) groups excluding carboxylic acids is 1. The molecule has 3 heterocycles. The smallest absolute Gasteiger partial charge is 0.344 e. The number of aryl methyl sites for hydroxylation is 2. The summed E-state index contributed by atoms with van der Waals surface area (Å²) in [5.74, 6) is -0.0903. The molecule has 39 heavy (non-hydrogen) atoms. The maximum Gasteiger partial charge on any atom is 0.416 e. The predicted octanol–water partition coefficient (Wildman–Crippen LogP) is 4.83. The van der Waals surface area contributed by atoms with Crippen molar-refractivity contribution in [3.05, 3.63) is 101 Å². The number of hydrogen-bond acceptors (Lipinski definition) is 5. The summed E-state index contributed by atoms with van der Waals surface area (Å²) in [5.41, 5.74) is 4.37. The van der Waals surface area contributed by atoms with Crippen LogP contribution in [0.2, 0.25) is 0 Å². The molecule has 0 saturated carbocycles. The van der Waals surface area contributed by atoms with Crippen molar-refractivity contribution in [3.8, 4) is 0 Å². The van der Waals surface area contributed by atoms with E-state index in [2.05, 4.69) is 46.4 Å². The van der Waals surface area contributed by atoms with Crippen LogP contribution in [-0.2, 0) is 19.3 Å². The van der Waals surface area contributed by atoms with Crippen LogP contribution in [0.1, 0.15) is 32.9 Å². The number of anilines is 1. The maximum absolute atomic E-state index is 13.5. The lowest BCUT2D eigenvalue weighted by Crippen LogP contribution is -2.48. The summed E-state index contributed by atoms with van der Waals surface area (Å²) in [5, 5.41) is 8.40. The highest BCUT2D eigenvalue weighted by molar-refractivity contribution is 5.93. The zero-order chi connectivity index (χ0) is 27.6. The van der Waals surface area contributed by atoms with Crippen LogP contribution in [0.5, 0.6) is 0 Å². The molecule has 5 rings (SSSR count). The maximum atomic E-state index is 13.5. The Kier molecular flexibility index (Phi) is 7.56. The van der Waals surface area contributed by atoms with Crippen LogP contribution in [-0.4, -0.2) is 63.4 Å². The van der Waals surface area contributed by atoms with Gasteiger partial charge in [-0.05, 0) is 49.2 Å². The first-order valence-electron chi connectivity index (χ1n) is 13.0. The van der Waals surface area contributed by atoms with Gasteiger partial charge in [-0.3, -0.25) is 9.69 Å². The van der Waals surface area contributed by atoms with Crippen LogP contribution < -0.4 is 4.90 Å². The molecule has 0 aliphatic carbocycles. The molecule has 0 N–H and O–H groups in total. The lowest BCUT2D eigenvalue weighted by Gasteiger charge is -2.34. The third-order valence-electron chi connectivity index (χ3n) is 7.11. The molecule has 2 aliphatic heterocycles. The third-order valence-corrected chi connectivity index (χ3v) is 7.11. The second-order valence-electron chi connectivity index (χ2n) is 10.0. The Balaban J connectivity index is 1.24. The molecule has 0 spiro atoms. The van der Waals surface area contributed by atoms with E-state index in [-0.39, 0.29) is 5.91 Å². The summed E-state index contributed by atoms with van der Waals surface area (Å²) >= 11 is 0. The first-order valence-corrected chi connectivity index (χ1v) is 13.0. The molecule has 204 valence electrons. The number of carbonyl (C=O) groups is 1. The molecule has 1 amide bonds. The fourth-order valence-electron chi connectivity index (χ4n) is 4.89. The van der Waals surface area contributed by atoms with Crippen molar-refractivity contribution in [1.29, 1.82) is 0 Å². The molecule has 1 fully saturated rings. The standard InChI is InChI=1S/C29H31F3N6O/c1-21-5-7-23(8-6-21)18-35-14-16-36(17-15-35)28(39)27-22(2)33-34-38(27)20-24-4-3-13-37(19-24)26-11-9-25(10-12-26)29(30,31)32/h3-12,19H,13-18,20H2,1-2H3. The van der Waals surface area contributed by atoms with E-state index in [9.17, 15) is 18.0 Å². The Morgan fingerprint density at radius 3 is 2.28 bits per heavy atom. The second-order valence-corrected chi connectivity index (χ2v) is 10.0. The van der Waals surface area contributed by atoms with Gasteiger partial charge in [0, 0.05) is 51.2 Å². The van der Waals surface area contributed by atoms with Crippen LogP contribution >= 0.6 is 0 Å². The molecule has 7 nitrogen and oxygen atoms in total. The van der Waals surface area contributed by atoms with Gasteiger partial charge in [0.2, 0.25) is 0 Å². The van der Waals surface area contributed by atoms with Gasteiger partial charge >= 0.3 is 6.18 Å². The summed E-state index contributed by atoms with van der Waals surface area (Å²) in [6.45, 7) is 8.39.